The van der Waals surface area contributed by atoms with Crippen LogP contribution in [-0.4, -0.2) is 13.0 Å². The van der Waals surface area contributed by atoms with E-state index < -0.39 is 18.9 Å². The van der Waals surface area contributed by atoms with Crippen molar-refractivity contribution in [3.8, 4) is 0 Å². The Bertz CT molecular complexity index is 455. The molecule has 0 bridgehead atoms. The largest absolute Gasteiger partial charge is 0.218 e. The molecule has 0 amide bonds. The van der Waals surface area contributed by atoms with Gasteiger partial charge in [0.1, 0.15) is 0 Å². The van der Waals surface area contributed by atoms with E-state index in [9.17, 15) is 0 Å². The van der Waals surface area contributed by atoms with E-state index in [4.69, 9.17) is 117 Å². The van der Waals surface area contributed by atoms with E-state index in [0.717, 1.165) is 0 Å². The maximum absolute atomic E-state index is 8.19. The van der Waals surface area contributed by atoms with Crippen LogP contribution in [0.2, 0.25) is 0 Å². The standard InChI is InChI=1S/C8H2Cl10/c9-3-1(7(13,14)15)4(10)6(12)2(5(3)11)8(16,17)18/h1,3H/i1D. The Morgan fingerprint density at radius 1 is 0.889 bits per heavy atom. The van der Waals surface area contributed by atoms with Gasteiger partial charge >= 0.3 is 0 Å². The normalized spacial score (nSPS) is 31.9. The van der Waals surface area contributed by atoms with Crippen LogP contribution in [0.15, 0.2) is 20.7 Å². The minimum Gasteiger partial charge on any atom is -0.116 e. The number of hydrogen-bond donors (Lipinski definition) is 0. The summed E-state index contributed by atoms with van der Waals surface area (Å²) in [5.74, 6) is -2.12. The van der Waals surface area contributed by atoms with E-state index in [1.165, 1.54) is 0 Å². The zero-order chi connectivity index (χ0) is 15.4. The Balaban J connectivity index is 3.61. The summed E-state index contributed by atoms with van der Waals surface area (Å²) in [4.78, 5) is 0. The van der Waals surface area contributed by atoms with Gasteiger partial charge in [0.25, 0.3) is 0 Å². The highest BCUT2D eigenvalue weighted by molar-refractivity contribution is 6.71. The summed E-state index contributed by atoms with van der Waals surface area (Å²) >= 11 is 58.4. The minimum absolute atomic E-state index is 0.150. The first-order chi connectivity index (χ1) is 8.26. The summed E-state index contributed by atoms with van der Waals surface area (Å²) < 4.78 is 4.00. The van der Waals surface area contributed by atoms with Crippen LogP contribution in [-0.2, 0) is 0 Å². The quantitative estimate of drug-likeness (QED) is 0.342. The molecule has 2 unspecified atom stereocenters. The molecule has 0 radical (unpaired) electrons. The van der Waals surface area contributed by atoms with Crippen LogP contribution < -0.4 is 0 Å². The molecule has 0 spiro atoms. The number of halogens is 10. The summed E-state index contributed by atoms with van der Waals surface area (Å²) in [6, 6.07) is 0. The maximum atomic E-state index is 8.19. The molecule has 0 N–H and O–H groups in total. The lowest BCUT2D eigenvalue weighted by Gasteiger charge is -2.35. The van der Waals surface area contributed by atoms with E-state index in [1.807, 2.05) is 0 Å². The molecular weight excluding hydrogens is 451 g/mol. The molecule has 0 nitrogen and oxygen atoms in total. The van der Waals surface area contributed by atoms with Crippen molar-refractivity contribution in [1.82, 2.24) is 0 Å². The molecule has 0 fully saturated rings. The van der Waals surface area contributed by atoms with Crippen LogP contribution in [0.25, 0.3) is 0 Å². The molecule has 104 valence electrons. The van der Waals surface area contributed by atoms with Crippen molar-refractivity contribution in [2.24, 2.45) is 5.89 Å². The molecule has 0 aromatic rings. The molecule has 0 aliphatic heterocycles. The summed E-state index contributed by atoms with van der Waals surface area (Å²) in [5, 5.41) is -2.25. The zero-order valence-corrected chi connectivity index (χ0v) is 15.4. The molecule has 1 aliphatic rings. The van der Waals surface area contributed by atoms with Crippen LogP contribution in [0.1, 0.15) is 1.37 Å². The molecule has 0 aromatic heterocycles. The lowest BCUT2D eigenvalue weighted by atomic mass is 9.96. The Morgan fingerprint density at radius 3 is 1.67 bits per heavy atom. The second-order valence-corrected chi connectivity index (χ2v) is 9.28. The van der Waals surface area contributed by atoms with E-state index in [2.05, 4.69) is 0 Å². The van der Waals surface area contributed by atoms with E-state index >= 15 is 0 Å². The molecule has 10 heteroatoms. The number of alkyl halides is 7. The van der Waals surface area contributed by atoms with Crippen molar-refractivity contribution in [2.75, 3.05) is 0 Å². The smallest absolute Gasteiger partial charge is 0.116 e. The van der Waals surface area contributed by atoms with Crippen LogP contribution in [0.5, 0.6) is 0 Å². The third-order valence-electron chi connectivity index (χ3n) is 1.95. The third-order valence-corrected chi connectivity index (χ3v) is 4.95. The lowest BCUT2D eigenvalue weighted by molar-refractivity contribution is 0.653. The first kappa shape index (κ1) is 16.7. The fourth-order valence-corrected chi connectivity index (χ4v) is 4.55. The molecule has 0 saturated carbocycles. The van der Waals surface area contributed by atoms with Crippen molar-refractivity contribution < 1.29 is 1.37 Å². The second-order valence-electron chi connectivity index (χ2n) is 3.12. The highest BCUT2D eigenvalue weighted by Gasteiger charge is 2.49. The van der Waals surface area contributed by atoms with E-state index in [1.54, 1.807) is 0 Å². The summed E-state index contributed by atoms with van der Waals surface area (Å²) in [6.07, 6.45) is 0. The van der Waals surface area contributed by atoms with Gasteiger partial charge in [-0.05, 0) is 0 Å². The van der Waals surface area contributed by atoms with Crippen molar-refractivity contribution in [1.29, 1.82) is 0 Å². The molecular formula is C8H2Cl10. The predicted molar refractivity (Wildman–Crippen MR) is 85.3 cm³/mol. The third kappa shape index (κ3) is 3.77. The summed E-state index contributed by atoms with van der Waals surface area (Å²) in [5.41, 5.74) is -0.150. The Kier molecular flexibility index (Phi) is 5.81. The van der Waals surface area contributed by atoms with Gasteiger partial charge in [0.05, 0.1) is 16.3 Å². The van der Waals surface area contributed by atoms with Gasteiger partial charge in [0, 0.05) is 17.0 Å². The molecule has 0 heterocycles. The monoisotopic (exact) mass is 449 g/mol. The van der Waals surface area contributed by atoms with Gasteiger partial charge in [-0.2, -0.15) is 0 Å². The molecule has 18 heavy (non-hydrogen) atoms. The van der Waals surface area contributed by atoms with Crippen LogP contribution in [0.4, 0.5) is 0 Å². The average Bonchev–Trinajstić information content (AvgIpc) is 2.20. The molecule has 1 aliphatic carbocycles. The van der Waals surface area contributed by atoms with Crippen molar-refractivity contribution >= 4 is 116 Å². The lowest BCUT2D eigenvalue weighted by Crippen LogP contribution is -2.34. The summed E-state index contributed by atoms with van der Waals surface area (Å²) in [6.45, 7) is 0. The molecule has 1 rings (SSSR count). The van der Waals surface area contributed by atoms with Gasteiger partial charge in [-0.3, -0.25) is 0 Å². The second kappa shape index (κ2) is 6.24. The topological polar surface area (TPSA) is 0 Å². The van der Waals surface area contributed by atoms with Crippen molar-refractivity contribution in [3.05, 3.63) is 20.7 Å². The van der Waals surface area contributed by atoms with Crippen LogP contribution in [0, 0.1) is 5.89 Å². The number of allylic oxidation sites excluding steroid dienone is 4. The van der Waals surface area contributed by atoms with Gasteiger partial charge in [0.2, 0.25) is 3.79 Å². The fourth-order valence-electron chi connectivity index (χ4n) is 1.23. The van der Waals surface area contributed by atoms with Gasteiger partial charge in [-0.25, -0.2) is 0 Å². The molecule has 0 aromatic carbocycles. The van der Waals surface area contributed by atoms with Gasteiger partial charge in [0.15, 0.2) is 3.79 Å². The predicted octanol–water partition coefficient (Wildman–Crippen LogP) is 7.15. The van der Waals surface area contributed by atoms with Gasteiger partial charge < -0.3 is 0 Å². The summed E-state index contributed by atoms with van der Waals surface area (Å²) in [7, 11) is 0. The minimum atomic E-state index is -2.20. The first-order valence-electron chi connectivity index (χ1n) is 4.50. The van der Waals surface area contributed by atoms with Crippen LogP contribution >= 0.6 is 116 Å². The number of rotatable bonds is 0. The Labute approximate surface area is 155 Å². The van der Waals surface area contributed by atoms with Crippen molar-refractivity contribution in [3.63, 3.8) is 0 Å². The van der Waals surface area contributed by atoms with E-state index in [0.29, 0.717) is 0 Å². The highest BCUT2D eigenvalue weighted by atomic mass is 35.6. The van der Waals surface area contributed by atoms with Crippen molar-refractivity contribution in [2.45, 2.75) is 13.0 Å². The van der Waals surface area contributed by atoms with E-state index in [-0.39, 0.29) is 20.7 Å². The van der Waals surface area contributed by atoms with Gasteiger partial charge in [-0.15, -0.1) is 11.6 Å². The molecule has 2 atom stereocenters. The van der Waals surface area contributed by atoms with Crippen LogP contribution in [0.3, 0.4) is 0 Å². The highest BCUT2D eigenvalue weighted by Crippen LogP contribution is 2.56. The average molecular weight is 454 g/mol. The maximum Gasteiger partial charge on any atom is 0.218 e. The SMILES string of the molecule is [2H]C1(C(Cl)(Cl)Cl)C(Cl)=C(Cl)C(C(Cl)(Cl)Cl)=C(Cl)C1Cl. The Morgan fingerprint density at radius 2 is 1.33 bits per heavy atom. The molecule has 0 saturated heterocycles. The Hall–Kier alpha value is 2.38. The number of hydrogen-bond acceptors (Lipinski definition) is 0. The zero-order valence-electron chi connectivity index (χ0n) is 8.86. The first-order valence-corrected chi connectivity index (χ1v) is 7.83. The van der Waals surface area contributed by atoms with Gasteiger partial charge in [-0.1, -0.05) is 104 Å². The fraction of sp³-hybridized carbons (Fsp3) is 0.500.